The number of hydrogen-bond acceptors (Lipinski definition) is 5. The van der Waals surface area contributed by atoms with Gasteiger partial charge in [0.2, 0.25) is 0 Å². The highest BCUT2D eigenvalue weighted by atomic mass is 16.6. The summed E-state index contributed by atoms with van der Waals surface area (Å²) >= 11 is 0. The summed E-state index contributed by atoms with van der Waals surface area (Å²) in [4.78, 5) is 12.5. The first-order valence-corrected chi connectivity index (χ1v) is 10.2. The Kier molecular flexibility index (Phi) is 4.48. The van der Waals surface area contributed by atoms with Gasteiger partial charge in [-0.3, -0.25) is 0 Å². The molecule has 1 N–H and O–H groups in total. The van der Waals surface area contributed by atoms with E-state index in [2.05, 4.69) is 13.5 Å². The zero-order chi connectivity index (χ0) is 21.2. The molecule has 1 aromatic carbocycles. The summed E-state index contributed by atoms with van der Waals surface area (Å²) in [6, 6.07) is 5.73. The van der Waals surface area contributed by atoms with Gasteiger partial charge in [-0.05, 0) is 51.3 Å². The fraction of sp³-hybridized carbons (Fsp3) is 0.542. The Labute approximate surface area is 171 Å². The van der Waals surface area contributed by atoms with Gasteiger partial charge in [0, 0.05) is 28.9 Å². The van der Waals surface area contributed by atoms with E-state index < -0.39 is 16.6 Å². The molecule has 2 aliphatic rings. The van der Waals surface area contributed by atoms with Crippen LogP contribution in [0.3, 0.4) is 0 Å². The largest absolute Gasteiger partial charge is 0.484 e. The summed E-state index contributed by atoms with van der Waals surface area (Å²) < 4.78 is 18.3. The van der Waals surface area contributed by atoms with Crippen molar-refractivity contribution in [3.8, 4) is 5.75 Å². The number of allylic oxidation sites excluding steroid dienone is 1. The summed E-state index contributed by atoms with van der Waals surface area (Å²) in [7, 11) is 0. The zero-order valence-corrected chi connectivity index (χ0v) is 17.9. The van der Waals surface area contributed by atoms with Gasteiger partial charge in [0.25, 0.3) is 0 Å². The molecule has 5 heteroatoms. The van der Waals surface area contributed by atoms with Crippen molar-refractivity contribution in [1.82, 2.24) is 0 Å². The molecule has 5 nitrogen and oxygen atoms in total. The van der Waals surface area contributed by atoms with Gasteiger partial charge < -0.3 is 19.0 Å². The summed E-state index contributed by atoms with van der Waals surface area (Å²) in [5.41, 5.74) is -0.0638. The van der Waals surface area contributed by atoms with E-state index in [9.17, 15) is 9.90 Å². The molecule has 0 radical (unpaired) electrons. The molecule has 1 saturated heterocycles. The summed E-state index contributed by atoms with van der Waals surface area (Å²) in [5, 5.41) is 11.3. The second-order valence-electron chi connectivity index (χ2n) is 9.80. The molecular formula is C24H30O5. The van der Waals surface area contributed by atoms with E-state index in [0.29, 0.717) is 17.6 Å². The van der Waals surface area contributed by atoms with E-state index in [1.54, 1.807) is 19.9 Å². The monoisotopic (exact) mass is 398 g/mol. The topological polar surface area (TPSA) is 68.9 Å². The van der Waals surface area contributed by atoms with Crippen LogP contribution in [0.4, 0.5) is 0 Å². The van der Waals surface area contributed by atoms with Gasteiger partial charge in [0.1, 0.15) is 23.0 Å². The minimum absolute atomic E-state index is 0.141. The molecule has 156 valence electrons. The van der Waals surface area contributed by atoms with Crippen LogP contribution in [0.2, 0.25) is 0 Å². The van der Waals surface area contributed by atoms with Crippen molar-refractivity contribution in [2.24, 2.45) is 0 Å². The van der Waals surface area contributed by atoms with Gasteiger partial charge in [-0.1, -0.05) is 19.9 Å². The first-order valence-electron chi connectivity index (χ1n) is 10.2. The van der Waals surface area contributed by atoms with E-state index in [1.807, 2.05) is 32.0 Å². The first kappa shape index (κ1) is 20.2. The van der Waals surface area contributed by atoms with Gasteiger partial charge in [-0.2, -0.15) is 0 Å². The zero-order valence-electron chi connectivity index (χ0n) is 17.9. The molecule has 1 fully saturated rings. The number of fused-ring (bicyclic) bond motifs is 3. The maximum absolute atomic E-state index is 12.5. The molecule has 0 unspecified atom stereocenters. The van der Waals surface area contributed by atoms with Crippen molar-refractivity contribution < 1.29 is 19.0 Å². The SMILES string of the molecule is C=CC(C)(C)c1cc2cc3c(cc2oc1=O)O[C@]1(C)CC[C@H](C(C)(C)O)O[C@@H]1C3. The maximum atomic E-state index is 12.5. The van der Waals surface area contributed by atoms with E-state index in [1.165, 1.54) is 0 Å². The molecule has 4 rings (SSSR count). The van der Waals surface area contributed by atoms with Crippen LogP contribution >= 0.6 is 0 Å². The lowest BCUT2D eigenvalue weighted by Crippen LogP contribution is -2.58. The molecule has 0 spiro atoms. The van der Waals surface area contributed by atoms with Crippen LogP contribution in [-0.2, 0) is 16.6 Å². The Hall–Kier alpha value is -2.11. The van der Waals surface area contributed by atoms with Crippen molar-refractivity contribution in [3.05, 3.63) is 52.4 Å². The second kappa shape index (κ2) is 6.44. The predicted molar refractivity (Wildman–Crippen MR) is 113 cm³/mol. The quantitative estimate of drug-likeness (QED) is 0.618. The van der Waals surface area contributed by atoms with E-state index in [-0.39, 0.29) is 17.8 Å². The highest BCUT2D eigenvalue weighted by Gasteiger charge is 2.49. The molecule has 2 aromatic rings. The van der Waals surface area contributed by atoms with Crippen molar-refractivity contribution in [2.75, 3.05) is 0 Å². The summed E-state index contributed by atoms with van der Waals surface area (Å²) in [5.74, 6) is 0.737. The number of ether oxygens (including phenoxy) is 2. The van der Waals surface area contributed by atoms with Gasteiger partial charge >= 0.3 is 5.63 Å². The highest BCUT2D eigenvalue weighted by molar-refractivity contribution is 5.80. The third-order valence-electron chi connectivity index (χ3n) is 6.57. The van der Waals surface area contributed by atoms with Crippen molar-refractivity contribution in [3.63, 3.8) is 0 Å². The minimum Gasteiger partial charge on any atom is -0.484 e. The molecular weight excluding hydrogens is 368 g/mol. The average Bonchev–Trinajstić information content (AvgIpc) is 2.62. The smallest absolute Gasteiger partial charge is 0.340 e. The van der Waals surface area contributed by atoms with Crippen LogP contribution in [0, 0.1) is 0 Å². The van der Waals surface area contributed by atoms with Crippen LogP contribution in [0.15, 0.2) is 40.1 Å². The Morgan fingerprint density at radius 2 is 1.97 bits per heavy atom. The first-order chi connectivity index (χ1) is 13.4. The number of aliphatic hydroxyl groups is 1. The van der Waals surface area contributed by atoms with E-state index >= 15 is 0 Å². The Balaban J connectivity index is 1.75. The molecule has 0 bridgehead atoms. The molecule has 2 aliphatic heterocycles. The fourth-order valence-corrected chi connectivity index (χ4v) is 4.35. The Morgan fingerprint density at radius 3 is 2.62 bits per heavy atom. The normalized spacial score (nSPS) is 27.1. The second-order valence-corrected chi connectivity index (χ2v) is 9.80. The summed E-state index contributed by atoms with van der Waals surface area (Å²) in [6.07, 6.45) is 3.61. The van der Waals surface area contributed by atoms with Gasteiger partial charge in [0.05, 0.1) is 11.7 Å². The molecule has 0 saturated carbocycles. The Morgan fingerprint density at radius 1 is 1.24 bits per heavy atom. The van der Waals surface area contributed by atoms with E-state index in [4.69, 9.17) is 13.9 Å². The fourth-order valence-electron chi connectivity index (χ4n) is 4.35. The lowest BCUT2D eigenvalue weighted by Gasteiger charge is -2.49. The summed E-state index contributed by atoms with van der Waals surface area (Å²) in [6.45, 7) is 13.4. The number of benzene rings is 1. The lowest BCUT2D eigenvalue weighted by atomic mass is 9.80. The molecule has 29 heavy (non-hydrogen) atoms. The minimum atomic E-state index is -0.889. The van der Waals surface area contributed by atoms with Crippen LogP contribution in [0.1, 0.15) is 58.6 Å². The van der Waals surface area contributed by atoms with E-state index in [0.717, 1.165) is 29.5 Å². The molecule has 3 atom stereocenters. The maximum Gasteiger partial charge on any atom is 0.340 e. The predicted octanol–water partition coefficient (Wildman–Crippen LogP) is 4.27. The van der Waals surface area contributed by atoms with Crippen molar-refractivity contribution >= 4 is 11.0 Å². The highest BCUT2D eigenvalue weighted by Crippen LogP contribution is 2.44. The van der Waals surface area contributed by atoms with Crippen LogP contribution in [-0.4, -0.2) is 28.5 Å². The van der Waals surface area contributed by atoms with Crippen LogP contribution < -0.4 is 10.4 Å². The lowest BCUT2D eigenvalue weighted by molar-refractivity contribution is -0.206. The average molecular weight is 398 g/mol. The standard InChI is InChI=1S/C24H30O5/c1-7-22(2,3)16-11-14-10-15-12-20-24(6,9-8-19(28-20)23(4,5)26)29-18(15)13-17(14)27-21(16)25/h7,10-11,13,19-20,26H,1,8-9,12H2,2-6H3/t19-,20-,24-/m1/s1. The Bertz CT molecular complexity index is 1030. The molecule has 0 aliphatic carbocycles. The third kappa shape index (κ3) is 3.40. The van der Waals surface area contributed by atoms with Crippen LogP contribution in [0.5, 0.6) is 5.75 Å². The van der Waals surface area contributed by atoms with Gasteiger partial charge in [-0.25, -0.2) is 4.79 Å². The van der Waals surface area contributed by atoms with Gasteiger partial charge in [-0.15, -0.1) is 6.58 Å². The van der Waals surface area contributed by atoms with Crippen molar-refractivity contribution in [1.29, 1.82) is 0 Å². The number of hydrogen-bond donors (Lipinski definition) is 1. The van der Waals surface area contributed by atoms with Gasteiger partial charge in [0.15, 0.2) is 0 Å². The number of rotatable bonds is 3. The third-order valence-corrected chi connectivity index (χ3v) is 6.57. The molecule has 1 aromatic heterocycles. The van der Waals surface area contributed by atoms with Crippen molar-refractivity contribution in [2.45, 2.75) is 82.7 Å². The molecule has 0 amide bonds. The van der Waals surface area contributed by atoms with Crippen LogP contribution in [0.25, 0.3) is 11.0 Å². The molecule has 3 heterocycles.